The standard InChI is InChI=1S/C9H10ClNO3/c1-2-14-9(12)11(13)8-5-3-4-7(10)6-8/h3-6,13H,2H2,1H3. The molecule has 1 N–H and O–H groups in total. The summed E-state index contributed by atoms with van der Waals surface area (Å²) in [6, 6.07) is 6.27. The Morgan fingerprint density at radius 2 is 2.36 bits per heavy atom. The van der Waals surface area contributed by atoms with Gasteiger partial charge in [0.2, 0.25) is 0 Å². The zero-order chi connectivity index (χ0) is 10.6. The van der Waals surface area contributed by atoms with Gasteiger partial charge < -0.3 is 4.74 Å². The molecule has 0 aliphatic rings. The van der Waals surface area contributed by atoms with E-state index < -0.39 is 6.09 Å². The van der Waals surface area contributed by atoms with E-state index in [1.807, 2.05) is 0 Å². The van der Waals surface area contributed by atoms with Gasteiger partial charge in [-0.05, 0) is 25.1 Å². The molecule has 1 rings (SSSR count). The summed E-state index contributed by atoms with van der Waals surface area (Å²) in [7, 11) is 0. The van der Waals surface area contributed by atoms with Crippen molar-refractivity contribution < 1.29 is 14.7 Å². The lowest BCUT2D eigenvalue weighted by molar-refractivity contribution is 0.125. The van der Waals surface area contributed by atoms with Crippen molar-refractivity contribution >= 4 is 23.4 Å². The van der Waals surface area contributed by atoms with Crippen molar-refractivity contribution in [1.82, 2.24) is 0 Å². The maximum atomic E-state index is 11.1. The summed E-state index contributed by atoms with van der Waals surface area (Å²) >= 11 is 5.68. The second kappa shape index (κ2) is 4.83. The van der Waals surface area contributed by atoms with E-state index in [0.29, 0.717) is 10.1 Å². The molecule has 0 aliphatic heterocycles. The van der Waals surface area contributed by atoms with Gasteiger partial charge in [0.25, 0.3) is 0 Å². The Morgan fingerprint density at radius 1 is 1.64 bits per heavy atom. The molecule has 0 saturated heterocycles. The van der Waals surface area contributed by atoms with Crippen molar-refractivity contribution in [3.8, 4) is 0 Å². The van der Waals surface area contributed by atoms with E-state index in [4.69, 9.17) is 11.6 Å². The summed E-state index contributed by atoms with van der Waals surface area (Å²) in [6.45, 7) is 1.86. The van der Waals surface area contributed by atoms with E-state index in [2.05, 4.69) is 4.74 Å². The van der Waals surface area contributed by atoms with Gasteiger partial charge in [0.05, 0.1) is 12.3 Å². The van der Waals surface area contributed by atoms with Crippen LogP contribution in [0, 0.1) is 0 Å². The van der Waals surface area contributed by atoms with Gasteiger partial charge in [-0.1, -0.05) is 17.7 Å². The number of carbonyl (C=O) groups is 1. The van der Waals surface area contributed by atoms with Crippen LogP contribution in [0.25, 0.3) is 0 Å². The highest BCUT2D eigenvalue weighted by atomic mass is 35.5. The largest absolute Gasteiger partial charge is 0.448 e. The Bertz CT molecular complexity index is 330. The lowest BCUT2D eigenvalue weighted by atomic mass is 10.3. The number of hydrogen-bond donors (Lipinski definition) is 1. The van der Waals surface area contributed by atoms with Crippen LogP contribution in [-0.2, 0) is 4.74 Å². The number of ether oxygens (including phenoxy) is 1. The lowest BCUT2D eigenvalue weighted by Crippen LogP contribution is -2.27. The predicted molar refractivity (Wildman–Crippen MR) is 52.7 cm³/mol. The number of benzene rings is 1. The van der Waals surface area contributed by atoms with E-state index in [0.717, 1.165) is 0 Å². The molecule has 4 nitrogen and oxygen atoms in total. The summed E-state index contributed by atoms with van der Waals surface area (Å²) in [5.74, 6) is 0. The molecule has 0 aliphatic carbocycles. The Kier molecular flexibility index (Phi) is 3.73. The second-order valence-corrected chi connectivity index (χ2v) is 2.93. The van der Waals surface area contributed by atoms with Crippen molar-refractivity contribution in [2.24, 2.45) is 0 Å². The molecule has 0 saturated carbocycles. The van der Waals surface area contributed by atoms with Crippen LogP contribution in [0.2, 0.25) is 5.02 Å². The molecule has 1 amide bonds. The summed E-state index contributed by atoms with van der Waals surface area (Å²) in [6.07, 6.45) is -0.824. The van der Waals surface area contributed by atoms with Gasteiger partial charge in [-0.15, -0.1) is 0 Å². The van der Waals surface area contributed by atoms with Gasteiger partial charge in [-0.3, -0.25) is 5.21 Å². The molecule has 0 fully saturated rings. The molecule has 0 spiro atoms. The highest BCUT2D eigenvalue weighted by molar-refractivity contribution is 6.30. The van der Waals surface area contributed by atoms with Gasteiger partial charge in [0, 0.05) is 5.02 Å². The first-order valence-corrected chi connectivity index (χ1v) is 4.44. The van der Waals surface area contributed by atoms with Crippen LogP contribution in [0.3, 0.4) is 0 Å². The number of hydroxylamine groups is 1. The van der Waals surface area contributed by atoms with Gasteiger partial charge in [0.1, 0.15) is 0 Å². The molecule has 5 heteroatoms. The Labute approximate surface area is 86.6 Å². The third-order valence-corrected chi connectivity index (χ3v) is 1.73. The first-order valence-electron chi connectivity index (χ1n) is 4.06. The fraction of sp³-hybridized carbons (Fsp3) is 0.222. The lowest BCUT2D eigenvalue weighted by Gasteiger charge is -2.13. The second-order valence-electron chi connectivity index (χ2n) is 2.49. The summed E-state index contributed by atoms with van der Waals surface area (Å²) in [5.41, 5.74) is 0.274. The predicted octanol–water partition coefficient (Wildman–Crippen LogP) is 2.69. The smallest absolute Gasteiger partial charge is 0.438 e. The molecule has 0 aromatic heterocycles. The summed E-state index contributed by atoms with van der Waals surface area (Å²) in [5, 5.41) is 10.2. The number of rotatable bonds is 2. The third kappa shape index (κ3) is 2.61. The van der Waals surface area contributed by atoms with Crippen LogP contribution in [0.4, 0.5) is 10.5 Å². The highest BCUT2D eigenvalue weighted by Gasteiger charge is 2.13. The third-order valence-electron chi connectivity index (χ3n) is 1.49. The number of nitrogens with zero attached hydrogens (tertiary/aromatic N) is 1. The Hall–Kier alpha value is -1.26. The average Bonchev–Trinajstić information content (AvgIpc) is 2.17. The summed E-state index contributed by atoms with van der Waals surface area (Å²) < 4.78 is 4.59. The zero-order valence-electron chi connectivity index (χ0n) is 7.61. The fourth-order valence-electron chi connectivity index (χ4n) is 0.898. The normalized spacial score (nSPS) is 9.64. The quantitative estimate of drug-likeness (QED) is 0.610. The van der Waals surface area contributed by atoms with E-state index in [1.54, 1.807) is 25.1 Å². The number of carbonyl (C=O) groups excluding carboxylic acids is 1. The maximum Gasteiger partial charge on any atom is 0.438 e. The van der Waals surface area contributed by atoms with E-state index in [-0.39, 0.29) is 12.3 Å². The van der Waals surface area contributed by atoms with Gasteiger partial charge in [-0.2, -0.15) is 5.06 Å². The van der Waals surface area contributed by atoms with E-state index in [1.165, 1.54) is 6.07 Å². The van der Waals surface area contributed by atoms with Crippen LogP contribution >= 0.6 is 11.6 Å². The molecule has 0 bridgehead atoms. The van der Waals surface area contributed by atoms with Crippen molar-refractivity contribution in [1.29, 1.82) is 0 Å². The number of halogens is 1. The number of amides is 1. The molecule has 76 valence electrons. The molecule has 1 aromatic carbocycles. The molecular formula is C9H10ClNO3. The van der Waals surface area contributed by atoms with Crippen molar-refractivity contribution in [3.05, 3.63) is 29.3 Å². The van der Waals surface area contributed by atoms with Gasteiger partial charge in [0.15, 0.2) is 0 Å². The fourth-order valence-corrected chi connectivity index (χ4v) is 1.08. The summed E-state index contributed by atoms with van der Waals surface area (Å²) in [4.78, 5) is 11.1. The first kappa shape index (κ1) is 10.8. The Balaban J connectivity index is 2.78. The number of hydrogen-bond acceptors (Lipinski definition) is 3. The van der Waals surface area contributed by atoms with E-state index in [9.17, 15) is 10.0 Å². The van der Waals surface area contributed by atoms with Crippen molar-refractivity contribution in [2.75, 3.05) is 11.7 Å². The van der Waals surface area contributed by atoms with E-state index >= 15 is 0 Å². The monoisotopic (exact) mass is 215 g/mol. The van der Waals surface area contributed by atoms with Gasteiger partial charge >= 0.3 is 6.09 Å². The van der Waals surface area contributed by atoms with Crippen molar-refractivity contribution in [3.63, 3.8) is 0 Å². The average molecular weight is 216 g/mol. The highest BCUT2D eigenvalue weighted by Crippen LogP contribution is 2.18. The molecule has 0 heterocycles. The van der Waals surface area contributed by atoms with Crippen LogP contribution in [0.5, 0.6) is 0 Å². The molecule has 14 heavy (non-hydrogen) atoms. The minimum atomic E-state index is -0.824. The molecule has 1 aromatic rings. The van der Waals surface area contributed by atoms with Crippen molar-refractivity contribution in [2.45, 2.75) is 6.92 Å². The molecule has 0 unspecified atom stereocenters. The van der Waals surface area contributed by atoms with Crippen LogP contribution < -0.4 is 5.06 Å². The molecular weight excluding hydrogens is 206 g/mol. The number of anilines is 1. The SMILES string of the molecule is CCOC(=O)N(O)c1cccc(Cl)c1. The zero-order valence-corrected chi connectivity index (χ0v) is 8.36. The first-order chi connectivity index (χ1) is 6.65. The van der Waals surface area contributed by atoms with Gasteiger partial charge in [-0.25, -0.2) is 4.79 Å². The minimum absolute atomic E-state index is 0.205. The van der Waals surface area contributed by atoms with Crippen LogP contribution in [0.1, 0.15) is 6.92 Å². The Morgan fingerprint density at radius 3 is 2.93 bits per heavy atom. The molecule has 0 atom stereocenters. The van der Waals surface area contributed by atoms with Crippen LogP contribution in [0.15, 0.2) is 24.3 Å². The maximum absolute atomic E-state index is 11.1. The topological polar surface area (TPSA) is 49.8 Å². The minimum Gasteiger partial charge on any atom is -0.448 e. The van der Waals surface area contributed by atoms with Crippen LogP contribution in [-0.4, -0.2) is 17.9 Å². The molecule has 0 radical (unpaired) electrons.